The Morgan fingerprint density at radius 1 is 1.04 bits per heavy atom. The number of benzene rings is 2. The molecule has 132 valence electrons. The molecular formula is C21H19NO3S. The van der Waals surface area contributed by atoms with E-state index in [9.17, 15) is 9.59 Å². The van der Waals surface area contributed by atoms with Crippen molar-refractivity contribution in [2.24, 2.45) is 0 Å². The molecular weight excluding hydrogens is 346 g/mol. The number of hydrogen-bond donors (Lipinski definition) is 1. The van der Waals surface area contributed by atoms with E-state index in [0.29, 0.717) is 21.9 Å². The van der Waals surface area contributed by atoms with Crippen LogP contribution in [0.5, 0.6) is 5.75 Å². The highest BCUT2D eigenvalue weighted by molar-refractivity contribution is 7.12. The number of ketones is 1. The van der Waals surface area contributed by atoms with Gasteiger partial charge in [0.2, 0.25) is 5.78 Å². The Morgan fingerprint density at radius 2 is 1.81 bits per heavy atom. The number of Topliss-reactive ketones (excluding diaryl/α,β-unsaturated/α-hetero) is 1. The van der Waals surface area contributed by atoms with Crippen molar-refractivity contribution in [3.63, 3.8) is 0 Å². The van der Waals surface area contributed by atoms with Gasteiger partial charge in [-0.1, -0.05) is 42.0 Å². The number of carbonyl (C=O) groups excluding carboxylic acids is 2. The van der Waals surface area contributed by atoms with Crippen LogP contribution in [0.4, 0.5) is 5.69 Å². The van der Waals surface area contributed by atoms with Gasteiger partial charge < -0.3 is 10.1 Å². The molecule has 0 spiro atoms. The van der Waals surface area contributed by atoms with E-state index in [0.717, 1.165) is 5.56 Å². The number of hydrogen-bond acceptors (Lipinski definition) is 4. The molecule has 4 nitrogen and oxygen atoms in total. The molecule has 0 saturated carbocycles. The van der Waals surface area contributed by atoms with Crippen LogP contribution in [0.15, 0.2) is 66.0 Å². The monoisotopic (exact) mass is 365 g/mol. The lowest BCUT2D eigenvalue weighted by Crippen LogP contribution is -2.24. The SMILES string of the molecule is Cc1ccc(C(=O)[C@@H](C)Oc2cccc(NC(=O)c3cccs3)c2)cc1. The van der Waals surface area contributed by atoms with Crippen molar-refractivity contribution in [3.8, 4) is 5.75 Å². The number of nitrogens with one attached hydrogen (secondary N) is 1. The highest BCUT2D eigenvalue weighted by Gasteiger charge is 2.17. The van der Waals surface area contributed by atoms with Crippen molar-refractivity contribution in [2.75, 3.05) is 5.32 Å². The van der Waals surface area contributed by atoms with Crippen LogP contribution >= 0.6 is 11.3 Å². The van der Waals surface area contributed by atoms with Crippen LogP contribution in [-0.4, -0.2) is 17.8 Å². The van der Waals surface area contributed by atoms with Gasteiger partial charge in [0.05, 0.1) is 4.88 Å². The Morgan fingerprint density at radius 3 is 2.50 bits per heavy atom. The molecule has 2 aromatic carbocycles. The molecule has 0 unspecified atom stereocenters. The first kappa shape index (κ1) is 17.9. The smallest absolute Gasteiger partial charge is 0.265 e. The minimum atomic E-state index is -0.624. The first-order chi connectivity index (χ1) is 12.5. The summed E-state index contributed by atoms with van der Waals surface area (Å²) in [5.41, 5.74) is 2.34. The molecule has 1 N–H and O–H groups in total. The number of thiophene rings is 1. The number of rotatable bonds is 6. The molecule has 0 fully saturated rings. The normalized spacial score (nSPS) is 11.6. The second kappa shape index (κ2) is 7.97. The molecule has 0 saturated heterocycles. The number of anilines is 1. The molecule has 26 heavy (non-hydrogen) atoms. The average Bonchev–Trinajstić information content (AvgIpc) is 3.17. The third-order valence-corrected chi connectivity index (χ3v) is 4.72. The fourth-order valence-corrected chi connectivity index (χ4v) is 3.08. The second-order valence-corrected chi connectivity index (χ2v) is 6.90. The van der Waals surface area contributed by atoms with Crippen molar-refractivity contribution < 1.29 is 14.3 Å². The molecule has 0 aliphatic carbocycles. The molecule has 0 aliphatic heterocycles. The first-order valence-corrected chi connectivity index (χ1v) is 9.13. The zero-order valence-corrected chi connectivity index (χ0v) is 15.4. The lowest BCUT2D eigenvalue weighted by Gasteiger charge is -2.15. The predicted molar refractivity (Wildman–Crippen MR) is 104 cm³/mol. The van der Waals surface area contributed by atoms with Crippen LogP contribution in [0.25, 0.3) is 0 Å². The molecule has 1 atom stereocenters. The predicted octanol–water partition coefficient (Wildman–Crippen LogP) is 4.96. The molecule has 5 heteroatoms. The van der Waals surface area contributed by atoms with Gasteiger partial charge in [0.25, 0.3) is 5.91 Å². The molecule has 1 aromatic heterocycles. The molecule has 0 aliphatic rings. The van der Waals surface area contributed by atoms with Crippen molar-refractivity contribution in [3.05, 3.63) is 82.0 Å². The quantitative estimate of drug-likeness (QED) is 0.628. The zero-order chi connectivity index (χ0) is 18.5. The summed E-state index contributed by atoms with van der Waals surface area (Å²) in [5, 5.41) is 4.69. The summed E-state index contributed by atoms with van der Waals surface area (Å²) in [6.45, 7) is 3.70. The first-order valence-electron chi connectivity index (χ1n) is 8.25. The highest BCUT2D eigenvalue weighted by Crippen LogP contribution is 2.21. The van der Waals surface area contributed by atoms with Gasteiger partial charge in [0.1, 0.15) is 5.75 Å². The minimum absolute atomic E-state index is 0.0852. The maximum atomic E-state index is 12.5. The summed E-state index contributed by atoms with van der Waals surface area (Å²) in [6.07, 6.45) is -0.624. The van der Waals surface area contributed by atoms with Crippen molar-refractivity contribution in [1.82, 2.24) is 0 Å². The molecule has 3 aromatic rings. The lowest BCUT2D eigenvalue weighted by atomic mass is 10.1. The fourth-order valence-electron chi connectivity index (χ4n) is 2.46. The number of aryl methyl sites for hydroxylation is 1. The van der Waals surface area contributed by atoms with E-state index < -0.39 is 6.10 Å². The fraction of sp³-hybridized carbons (Fsp3) is 0.143. The van der Waals surface area contributed by atoms with Crippen molar-refractivity contribution >= 4 is 28.7 Å². The topological polar surface area (TPSA) is 55.4 Å². The molecule has 0 bridgehead atoms. The van der Waals surface area contributed by atoms with Crippen LogP contribution < -0.4 is 10.1 Å². The largest absolute Gasteiger partial charge is 0.482 e. The van der Waals surface area contributed by atoms with E-state index in [1.165, 1.54) is 11.3 Å². The molecule has 1 amide bonds. The summed E-state index contributed by atoms with van der Waals surface area (Å²) in [4.78, 5) is 25.3. The standard InChI is InChI=1S/C21H19NO3S/c1-14-8-10-16(11-9-14)20(23)15(2)25-18-6-3-5-17(13-18)22-21(24)19-7-4-12-26-19/h3-13,15H,1-2H3,(H,22,24)/t15-/m1/s1. The Hall–Kier alpha value is -2.92. The minimum Gasteiger partial charge on any atom is -0.482 e. The summed E-state index contributed by atoms with van der Waals surface area (Å²) < 4.78 is 5.78. The lowest BCUT2D eigenvalue weighted by molar-refractivity contribution is 0.0818. The molecule has 1 heterocycles. The molecule has 0 radical (unpaired) electrons. The van der Waals surface area contributed by atoms with Gasteiger partial charge in [-0.25, -0.2) is 0 Å². The van der Waals surface area contributed by atoms with E-state index in [2.05, 4.69) is 5.32 Å². The van der Waals surface area contributed by atoms with Gasteiger partial charge in [-0.3, -0.25) is 9.59 Å². The average molecular weight is 365 g/mol. The number of carbonyl (C=O) groups is 2. The molecule has 3 rings (SSSR count). The third-order valence-electron chi connectivity index (χ3n) is 3.86. The van der Waals surface area contributed by atoms with Gasteiger partial charge >= 0.3 is 0 Å². The van der Waals surface area contributed by atoms with Gasteiger partial charge in [0, 0.05) is 17.3 Å². The van der Waals surface area contributed by atoms with Gasteiger partial charge in [-0.15, -0.1) is 11.3 Å². The summed E-state index contributed by atoms with van der Waals surface area (Å²) >= 11 is 1.38. The van der Waals surface area contributed by atoms with E-state index in [-0.39, 0.29) is 11.7 Å². The third kappa shape index (κ3) is 4.37. The van der Waals surface area contributed by atoms with Crippen LogP contribution in [0.1, 0.15) is 32.5 Å². The summed E-state index contributed by atoms with van der Waals surface area (Å²) in [7, 11) is 0. The summed E-state index contributed by atoms with van der Waals surface area (Å²) in [5.74, 6) is 0.279. The highest BCUT2D eigenvalue weighted by atomic mass is 32.1. The van der Waals surface area contributed by atoms with Gasteiger partial charge in [-0.2, -0.15) is 0 Å². The van der Waals surface area contributed by atoms with Gasteiger partial charge in [-0.05, 0) is 37.4 Å². The van der Waals surface area contributed by atoms with E-state index >= 15 is 0 Å². The maximum Gasteiger partial charge on any atom is 0.265 e. The van der Waals surface area contributed by atoms with Crippen LogP contribution in [0.2, 0.25) is 0 Å². The Labute approximate surface area is 156 Å². The van der Waals surface area contributed by atoms with Crippen LogP contribution in [0, 0.1) is 6.92 Å². The number of ether oxygens (including phenoxy) is 1. The number of amides is 1. The zero-order valence-electron chi connectivity index (χ0n) is 14.6. The Balaban J connectivity index is 1.67. The Kier molecular flexibility index (Phi) is 5.49. The Bertz CT molecular complexity index is 901. The van der Waals surface area contributed by atoms with Crippen molar-refractivity contribution in [1.29, 1.82) is 0 Å². The van der Waals surface area contributed by atoms with Gasteiger partial charge in [0.15, 0.2) is 6.10 Å². The summed E-state index contributed by atoms with van der Waals surface area (Å²) in [6, 6.07) is 18.0. The van der Waals surface area contributed by atoms with E-state index in [4.69, 9.17) is 4.74 Å². The second-order valence-electron chi connectivity index (χ2n) is 5.95. The van der Waals surface area contributed by atoms with Crippen molar-refractivity contribution in [2.45, 2.75) is 20.0 Å². The maximum absolute atomic E-state index is 12.5. The van der Waals surface area contributed by atoms with E-state index in [1.54, 1.807) is 49.4 Å². The van der Waals surface area contributed by atoms with E-state index in [1.807, 2.05) is 30.5 Å². The van der Waals surface area contributed by atoms with Crippen LogP contribution in [-0.2, 0) is 0 Å². The van der Waals surface area contributed by atoms with Crippen LogP contribution in [0.3, 0.4) is 0 Å².